The van der Waals surface area contributed by atoms with Crippen molar-refractivity contribution in [2.24, 2.45) is 0 Å². The highest BCUT2D eigenvalue weighted by Gasteiger charge is 1.94. The molecule has 1 aromatic heterocycles. The summed E-state index contributed by atoms with van der Waals surface area (Å²) in [6, 6.07) is 3.26. The number of aldehydes is 1. The van der Waals surface area contributed by atoms with Gasteiger partial charge >= 0.3 is 0 Å². The molecule has 0 aromatic carbocycles. The molecule has 2 nitrogen and oxygen atoms in total. The molecule has 0 fully saturated rings. The summed E-state index contributed by atoms with van der Waals surface area (Å²) < 4.78 is 4.93. The van der Waals surface area contributed by atoms with E-state index in [-0.39, 0.29) is 0 Å². The summed E-state index contributed by atoms with van der Waals surface area (Å²) in [6.07, 6.45) is 0.654. The van der Waals surface area contributed by atoms with Crippen LogP contribution in [0.5, 0.6) is 0 Å². The molecule has 0 spiro atoms. The zero-order chi connectivity index (χ0) is 7.40. The van der Waals surface area contributed by atoms with Gasteiger partial charge < -0.3 is 4.42 Å². The molecule has 0 unspecified atom stereocenters. The fraction of sp³-hybridized carbons (Fsp3) is 0.125. The Morgan fingerprint density at radius 2 is 2.40 bits per heavy atom. The highest BCUT2D eigenvalue weighted by atomic mass is 16.3. The van der Waals surface area contributed by atoms with Crippen LogP contribution in [0.3, 0.4) is 0 Å². The largest absolute Gasteiger partial charge is 0.445 e. The third-order valence-electron chi connectivity index (χ3n) is 0.991. The van der Waals surface area contributed by atoms with Gasteiger partial charge in [0.2, 0.25) is 0 Å². The van der Waals surface area contributed by atoms with Crippen LogP contribution in [-0.4, -0.2) is 6.29 Å². The molecule has 1 rings (SSSR count). The van der Waals surface area contributed by atoms with Gasteiger partial charge in [0.25, 0.3) is 0 Å². The Balaban J connectivity index is 2.95. The van der Waals surface area contributed by atoms with Gasteiger partial charge in [-0.25, -0.2) is 0 Å². The molecule has 0 bridgehead atoms. The van der Waals surface area contributed by atoms with Crippen LogP contribution in [-0.2, 0) is 0 Å². The van der Waals surface area contributed by atoms with E-state index in [2.05, 4.69) is 11.8 Å². The molecule has 0 aliphatic carbocycles. The van der Waals surface area contributed by atoms with Crippen LogP contribution in [0, 0.1) is 11.8 Å². The Morgan fingerprint density at radius 1 is 1.60 bits per heavy atom. The minimum absolute atomic E-state index is 0.317. The molecular weight excluding hydrogens is 128 g/mol. The van der Waals surface area contributed by atoms with Crippen molar-refractivity contribution in [3.05, 3.63) is 23.7 Å². The van der Waals surface area contributed by atoms with Gasteiger partial charge in [-0.15, -0.1) is 0 Å². The third kappa shape index (κ3) is 1.26. The standard InChI is InChI=1S/C8H6O2/c1-2-3-7-4-5-8(6-9)10-7/h4-6H,1H3. The topological polar surface area (TPSA) is 30.2 Å². The second kappa shape index (κ2) is 2.88. The molecule has 2 heteroatoms. The first-order valence-corrected chi connectivity index (χ1v) is 2.84. The van der Waals surface area contributed by atoms with E-state index in [1.54, 1.807) is 19.1 Å². The van der Waals surface area contributed by atoms with Crippen LogP contribution >= 0.6 is 0 Å². The van der Waals surface area contributed by atoms with E-state index in [0.29, 0.717) is 17.8 Å². The average Bonchev–Trinajstić information content (AvgIpc) is 2.37. The number of rotatable bonds is 1. The molecular formula is C8H6O2. The molecule has 0 saturated heterocycles. The molecule has 50 valence electrons. The summed E-state index contributed by atoms with van der Waals surface area (Å²) in [5.41, 5.74) is 0. The minimum Gasteiger partial charge on any atom is -0.445 e. The molecule has 1 aromatic rings. The van der Waals surface area contributed by atoms with E-state index in [1.165, 1.54) is 0 Å². The molecule has 0 radical (unpaired) electrons. The van der Waals surface area contributed by atoms with E-state index in [1.807, 2.05) is 0 Å². The van der Waals surface area contributed by atoms with Crippen LogP contribution in [0.2, 0.25) is 0 Å². The molecule has 0 atom stereocenters. The van der Waals surface area contributed by atoms with Crippen molar-refractivity contribution in [2.75, 3.05) is 0 Å². The lowest BCUT2D eigenvalue weighted by Gasteiger charge is -1.76. The van der Waals surface area contributed by atoms with Crippen molar-refractivity contribution < 1.29 is 9.21 Å². The quantitative estimate of drug-likeness (QED) is 0.430. The molecule has 1 heterocycles. The Kier molecular flexibility index (Phi) is 1.91. The summed E-state index contributed by atoms with van der Waals surface area (Å²) >= 11 is 0. The van der Waals surface area contributed by atoms with Crippen molar-refractivity contribution in [2.45, 2.75) is 6.92 Å². The van der Waals surface area contributed by atoms with Crippen LogP contribution in [0.1, 0.15) is 23.2 Å². The first-order valence-electron chi connectivity index (χ1n) is 2.84. The molecule has 0 aliphatic rings. The van der Waals surface area contributed by atoms with E-state index >= 15 is 0 Å². The third-order valence-corrected chi connectivity index (χ3v) is 0.991. The van der Waals surface area contributed by atoms with Crippen LogP contribution < -0.4 is 0 Å². The Hall–Kier alpha value is -1.49. The maximum atomic E-state index is 10.1. The summed E-state index contributed by atoms with van der Waals surface area (Å²) in [5, 5.41) is 0. The number of hydrogen-bond donors (Lipinski definition) is 0. The number of hydrogen-bond acceptors (Lipinski definition) is 2. The maximum Gasteiger partial charge on any atom is 0.185 e. The van der Waals surface area contributed by atoms with Gasteiger partial charge in [-0.1, -0.05) is 5.92 Å². The van der Waals surface area contributed by atoms with Gasteiger partial charge in [0.15, 0.2) is 17.8 Å². The van der Waals surface area contributed by atoms with Crippen molar-refractivity contribution in [1.29, 1.82) is 0 Å². The molecule has 0 saturated carbocycles. The SMILES string of the molecule is CC#Cc1ccc(C=O)o1. The first-order chi connectivity index (χ1) is 4.86. The molecule has 0 amide bonds. The fourth-order valence-electron chi connectivity index (χ4n) is 0.607. The monoisotopic (exact) mass is 134 g/mol. The highest BCUT2D eigenvalue weighted by molar-refractivity contribution is 5.70. The Labute approximate surface area is 58.8 Å². The Morgan fingerprint density at radius 3 is 2.90 bits per heavy atom. The average molecular weight is 134 g/mol. The number of carbonyl (C=O) groups is 1. The van der Waals surface area contributed by atoms with E-state index in [9.17, 15) is 4.79 Å². The lowest BCUT2D eigenvalue weighted by molar-refractivity contribution is 0.110. The van der Waals surface area contributed by atoms with Crippen LogP contribution in [0.25, 0.3) is 0 Å². The maximum absolute atomic E-state index is 10.1. The molecule has 0 aliphatic heterocycles. The number of furan rings is 1. The minimum atomic E-state index is 0.317. The van der Waals surface area contributed by atoms with Crippen LogP contribution in [0.4, 0.5) is 0 Å². The molecule has 0 N–H and O–H groups in total. The van der Waals surface area contributed by atoms with Gasteiger partial charge in [-0.2, -0.15) is 0 Å². The second-order valence-electron chi connectivity index (χ2n) is 1.69. The van der Waals surface area contributed by atoms with Gasteiger partial charge in [0, 0.05) is 0 Å². The summed E-state index contributed by atoms with van der Waals surface area (Å²) in [6.45, 7) is 1.71. The lowest BCUT2D eigenvalue weighted by Crippen LogP contribution is -1.67. The van der Waals surface area contributed by atoms with Crippen molar-refractivity contribution in [1.82, 2.24) is 0 Å². The lowest BCUT2D eigenvalue weighted by atomic mass is 10.4. The Bertz CT molecular complexity index is 286. The first kappa shape index (κ1) is 6.63. The van der Waals surface area contributed by atoms with Crippen molar-refractivity contribution >= 4 is 6.29 Å². The highest BCUT2D eigenvalue weighted by Crippen LogP contribution is 2.02. The molecule has 10 heavy (non-hydrogen) atoms. The van der Waals surface area contributed by atoms with Gasteiger partial charge in [0.05, 0.1) is 0 Å². The zero-order valence-electron chi connectivity index (χ0n) is 5.55. The van der Waals surface area contributed by atoms with Gasteiger partial charge in [-0.05, 0) is 25.0 Å². The van der Waals surface area contributed by atoms with Gasteiger partial charge in [0.1, 0.15) is 0 Å². The number of carbonyl (C=O) groups excluding carboxylic acids is 1. The predicted octanol–water partition coefficient (Wildman–Crippen LogP) is 1.46. The summed E-state index contributed by atoms with van der Waals surface area (Å²) in [4.78, 5) is 10.1. The fourth-order valence-corrected chi connectivity index (χ4v) is 0.607. The second-order valence-corrected chi connectivity index (χ2v) is 1.69. The zero-order valence-corrected chi connectivity index (χ0v) is 5.55. The summed E-state index contributed by atoms with van der Waals surface area (Å²) in [7, 11) is 0. The van der Waals surface area contributed by atoms with E-state index in [0.717, 1.165) is 0 Å². The summed E-state index contributed by atoms with van der Waals surface area (Å²) in [5.74, 6) is 6.20. The van der Waals surface area contributed by atoms with Gasteiger partial charge in [-0.3, -0.25) is 4.79 Å². The van der Waals surface area contributed by atoms with Crippen LogP contribution in [0.15, 0.2) is 16.5 Å². The van der Waals surface area contributed by atoms with Crippen molar-refractivity contribution in [3.63, 3.8) is 0 Å². The van der Waals surface area contributed by atoms with E-state index < -0.39 is 0 Å². The predicted molar refractivity (Wildman–Crippen MR) is 36.6 cm³/mol. The smallest absolute Gasteiger partial charge is 0.185 e. The van der Waals surface area contributed by atoms with E-state index in [4.69, 9.17) is 4.42 Å². The normalized spacial score (nSPS) is 8.10. The van der Waals surface area contributed by atoms with Crippen molar-refractivity contribution in [3.8, 4) is 11.8 Å².